The zero-order valence-electron chi connectivity index (χ0n) is 14.6. The molecule has 1 aliphatic carbocycles. The average Bonchev–Trinajstić information content (AvgIpc) is 2.96. The maximum atomic E-state index is 12.1. The van der Waals surface area contributed by atoms with Gasteiger partial charge in [-0.3, -0.25) is 15.0 Å². The van der Waals surface area contributed by atoms with Crippen molar-refractivity contribution in [1.29, 1.82) is 0 Å². The second-order valence-corrected chi connectivity index (χ2v) is 7.23. The van der Waals surface area contributed by atoms with Crippen LogP contribution in [-0.2, 0) is 4.79 Å². The Morgan fingerprint density at radius 3 is 2.52 bits per heavy atom. The Balaban J connectivity index is 1.44. The summed E-state index contributed by atoms with van der Waals surface area (Å²) in [4.78, 5) is 26.1. The molecule has 2 fully saturated rings. The summed E-state index contributed by atoms with van der Waals surface area (Å²) >= 11 is 0. The Morgan fingerprint density at radius 1 is 1.08 bits per heavy atom. The molecule has 0 radical (unpaired) electrons. The van der Waals surface area contributed by atoms with Crippen LogP contribution in [0.3, 0.4) is 0 Å². The number of imide groups is 1. The molecule has 136 valence electrons. The predicted octanol–water partition coefficient (Wildman–Crippen LogP) is 1.57. The van der Waals surface area contributed by atoms with Crippen LogP contribution in [0.1, 0.15) is 43.6 Å². The lowest BCUT2D eigenvalue weighted by molar-refractivity contribution is -0.120. The Morgan fingerprint density at radius 2 is 1.80 bits per heavy atom. The number of benzene rings is 1. The summed E-state index contributed by atoms with van der Waals surface area (Å²) in [5.74, 6) is -0.0423. The second-order valence-electron chi connectivity index (χ2n) is 7.23. The van der Waals surface area contributed by atoms with E-state index in [0.717, 1.165) is 32.2 Å². The van der Waals surface area contributed by atoms with Gasteiger partial charge in [-0.15, -0.1) is 0 Å². The van der Waals surface area contributed by atoms with E-state index in [1.807, 2.05) is 23.1 Å². The number of hydrogen-bond donors (Lipinski definition) is 3. The van der Waals surface area contributed by atoms with E-state index in [2.05, 4.69) is 22.8 Å². The van der Waals surface area contributed by atoms with Gasteiger partial charge in [-0.1, -0.05) is 49.6 Å². The molecule has 1 saturated heterocycles. The van der Waals surface area contributed by atoms with E-state index >= 15 is 0 Å². The largest absolute Gasteiger partial charge is 0.335 e. The lowest BCUT2D eigenvalue weighted by Gasteiger charge is -2.23. The molecule has 0 spiro atoms. The summed E-state index contributed by atoms with van der Waals surface area (Å²) in [6.07, 6.45) is 5.52. The van der Waals surface area contributed by atoms with Gasteiger partial charge in [-0.2, -0.15) is 0 Å². The Labute approximate surface area is 149 Å². The zero-order valence-corrected chi connectivity index (χ0v) is 14.6. The zero-order chi connectivity index (χ0) is 17.6. The van der Waals surface area contributed by atoms with Crippen molar-refractivity contribution in [3.8, 4) is 0 Å². The highest BCUT2D eigenvalue weighted by Gasteiger charge is 2.32. The number of carbonyl (C=O) groups is 2. The van der Waals surface area contributed by atoms with Crippen molar-refractivity contribution < 1.29 is 9.59 Å². The van der Waals surface area contributed by atoms with Crippen LogP contribution >= 0.6 is 0 Å². The minimum atomic E-state index is -0.375. The summed E-state index contributed by atoms with van der Waals surface area (Å²) in [6, 6.07) is 9.98. The van der Waals surface area contributed by atoms with Gasteiger partial charge in [0.15, 0.2) is 0 Å². The molecule has 0 aromatic heterocycles. The first-order valence-electron chi connectivity index (χ1n) is 9.25. The lowest BCUT2D eigenvalue weighted by atomic mass is 9.95. The van der Waals surface area contributed by atoms with Gasteiger partial charge in [0, 0.05) is 31.1 Å². The van der Waals surface area contributed by atoms with Crippen molar-refractivity contribution in [2.24, 2.45) is 5.73 Å². The van der Waals surface area contributed by atoms with E-state index in [0.29, 0.717) is 6.54 Å². The van der Waals surface area contributed by atoms with Gasteiger partial charge in [0.2, 0.25) is 5.91 Å². The molecule has 3 amide bonds. The highest BCUT2D eigenvalue weighted by Crippen LogP contribution is 2.25. The number of urea groups is 1. The van der Waals surface area contributed by atoms with Crippen LogP contribution in [0.25, 0.3) is 0 Å². The minimum Gasteiger partial charge on any atom is -0.335 e. The van der Waals surface area contributed by atoms with Gasteiger partial charge in [-0.05, 0) is 18.4 Å². The number of carbonyl (C=O) groups excluding carboxylic acids is 2. The van der Waals surface area contributed by atoms with Crippen molar-refractivity contribution in [1.82, 2.24) is 15.5 Å². The van der Waals surface area contributed by atoms with Crippen LogP contribution in [0.15, 0.2) is 30.3 Å². The van der Waals surface area contributed by atoms with E-state index in [1.54, 1.807) is 0 Å². The molecular formula is C19H28N4O2. The van der Waals surface area contributed by atoms with E-state index in [-0.39, 0.29) is 36.5 Å². The molecule has 2 aliphatic rings. The number of rotatable bonds is 4. The fourth-order valence-electron chi connectivity index (χ4n) is 3.93. The fourth-order valence-corrected chi connectivity index (χ4v) is 3.93. The van der Waals surface area contributed by atoms with E-state index in [9.17, 15) is 9.59 Å². The molecule has 1 saturated carbocycles. The van der Waals surface area contributed by atoms with E-state index < -0.39 is 0 Å². The molecule has 4 N–H and O–H groups in total. The highest BCUT2D eigenvalue weighted by atomic mass is 16.2. The first-order chi connectivity index (χ1) is 12.1. The smallest absolute Gasteiger partial charge is 0.321 e. The van der Waals surface area contributed by atoms with Crippen molar-refractivity contribution in [2.45, 2.75) is 50.1 Å². The number of nitrogens with one attached hydrogen (secondary N) is 2. The van der Waals surface area contributed by atoms with Crippen molar-refractivity contribution in [3.63, 3.8) is 0 Å². The highest BCUT2D eigenvalue weighted by molar-refractivity contribution is 5.95. The van der Waals surface area contributed by atoms with Crippen LogP contribution in [0.5, 0.6) is 0 Å². The van der Waals surface area contributed by atoms with Gasteiger partial charge in [0.05, 0.1) is 6.54 Å². The number of likely N-dealkylation sites (tertiary alicyclic amines) is 1. The number of hydrogen-bond acceptors (Lipinski definition) is 4. The van der Waals surface area contributed by atoms with E-state index in [4.69, 9.17) is 5.73 Å². The third kappa shape index (κ3) is 5.03. The quantitative estimate of drug-likeness (QED) is 0.774. The van der Waals surface area contributed by atoms with Gasteiger partial charge in [0.1, 0.15) is 0 Å². The van der Waals surface area contributed by atoms with Gasteiger partial charge < -0.3 is 11.1 Å². The summed E-state index contributed by atoms with van der Waals surface area (Å²) in [6.45, 7) is 1.61. The van der Waals surface area contributed by atoms with Crippen molar-refractivity contribution in [3.05, 3.63) is 35.9 Å². The monoisotopic (exact) mass is 344 g/mol. The standard InChI is InChI=1S/C19H28N4O2/c20-17-12-23(11-16(17)14-7-3-1-4-8-14)13-18(24)22-19(25)21-15-9-5-2-6-10-15/h1,3-4,7-8,15-17H,2,5-6,9-13,20H2,(H2,21,22,24,25)/t16-,17+/m0/s1. The molecule has 6 heteroatoms. The van der Waals surface area contributed by atoms with Gasteiger partial charge in [0.25, 0.3) is 0 Å². The van der Waals surface area contributed by atoms with Crippen molar-refractivity contribution >= 4 is 11.9 Å². The molecule has 3 rings (SSSR count). The first-order valence-corrected chi connectivity index (χ1v) is 9.25. The fraction of sp³-hybridized carbons (Fsp3) is 0.579. The molecule has 1 heterocycles. The van der Waals surface area contributed by atoms with Crippen LogP contribution in [0.4, 0.5) is 4.79 Å². The average molecular weight is 344 g/mol. The van der Waals surface area contributed by atoms with Crippen LogP contribution in [0, 0.1) is 0 Å². The Kier molecular flexibility index (Phi) is 6.04. The molecule has 6 nitrogen and oxygen atoms in total. The van der Waals surface area contributed by atoms with Crippen LogP contribution in [0.2, 0.25) is 0 Å². The molecule has 0 bridgehead atoms. The van der Waals surface area contributed by atoms with E-state index in [1.165, 1.54) is 12.0 Å². The number of nitrogens with zero attached hydrogens (tertiary/aromatic N) is 1. The summed E-state index contributed by atoms with van der Waals surface area (Å²) < 4.78 is 0. The first kappa shape index (κ1) is 17.9. The SMILES string of the molecule is N[C@@H]1CN(CC(=O)NC(=O)NC2CCCCC2)C[C@H]1c1ccccc1. The van der Waals surface area contributed by atoms with Gasteiger partial charge >= 0.3 is 6.03 Å². The number of nitrogens with two attached hydrogens (primary N) is 1. The second kappa shape index (κ2) is 8.45. The third-order valence-electron chi connectivity index (χ3n) is 5.23. The number of amides is 3. The molecule has 1 aromatic rings. The summed E-state index contributed by atoms with van der Waals surface area (Å²) in [5.41, 5.74) is 7.45. The topological polar surface area (TPSA) is 87.5 Å². The Hall–Kier alpha value is -1.92. The lowest BCUT2D eigenvalue weighted by Crippen LogP contribution is -2.48. The minimum absolute atomic E-state index is 0.00580. The Bertz CT molecular complexity index is 586. The van der Waals surface area contributed by atoms with Crippen LogP contribution < -0.4 is 16.4 Å². The van der Waals surface area contributed by atoms with Crippen molar-refractivity contribution in [2.75, 3.05) is 19.6 Å². The van der Waals surface area contributed by atoms with Gasteiger partial charge in [-0.25, -0.2) is 4.79 Å². The predicted molar refractivity (Wildman–Crippen MR) is 97.1 cm³/mol. The maximum Gasteiger partial charge on any atom is 0.321 e. The van der Waals surface area contributed by atoms with Crippen LogP contribution in [-0.4, -0.2) is 48.6 Å². The molecular weight excluding hydrogens is 316 g/mol. The summed E-state index contributed by atoms with van der Waals surface area (Å²) in [5, 5.41) is 5.36. The normalized spacial score (nSPS) is 24.8. The molecule has 2 atom stereocenters. The summed E-state index contributed by atoms with van der Waals surface area (Å²) in [7, 11) is 0. The molecule has 0 unspecified atom stereocenters. The molecule has 1 aliphatic heterocycles. The third-order valence-corrected chi connectivity index (χ3v) is 5.23. The molecule has 25 heavy (non-hydrogen) atoms. The maximum absolute atomic E-state index is 12.1. The molecule has 1 aromatic carbocycles.